The highest BCUT2D eigenvalue weighted by atomic mass is 16.2. The van der Waals surface area contributed by atoms with Crippen LogP contribution in [-0.2, 0) is 16.1 Å². The predicted octanol–water partition coefficient (Wildman–Crippen LogP) is 3.10. The molecular formula is C23H30N4O2. The third-order valence-electron chi connectivity index (χ3n) is 6.58. The molecule has 0 N–H and O–H groups in total. The summed E-state index contributed by atoms with van der Waals surface area (Å²) in [5.74, 6) is 1.58. The normalized spacial score (nSPS) is 20.5. The molecule has 0 aliphatic carbocycles. The summed E-state index contributed by atoms with van der Waals surface area (Å²) >= 11 is 0. The molecule has 2 aliphatic rings. The fourth-order valence-electron chi connectivity index (χ4n) is 4.48. The van der Waals surface area contributed by atoms with E-state index in [4.69, 9.17) is 0 Å². The van der Waals surface area contributed by atoms with Gasteiger partial charge < -0.3 is 14.4 Å². The lowest BCUT2D eigenvalue weighted by Gasteiger charge is -2.33. The lowest BCUT2D eigenvalue weighted by Crippen LogP contribution is -2.43. The number of aryl methyl sites for hydroxylation is 3. The first-order chi connectivity index (χ1) is 13.9. The number of hydrogen-bond acceptors (Lipinski definition) is 3. The van der Waals surface area contributed by atoms with Crippen molar-refractivity contribution in [2.75, 3.05) is 24.5 Å². The van der Waals surface area contributed by atoms with Crippen molar-refractivity contribution >= 4 is 17.5 Å². The molecular weight excluding hydrogens is 364 g/mol. The van der Waals surface area contributed by atoms with Crippen LogP contribution in [0.4, 0.5) is 5.69 Å². The second-order valence-electron chi connectivity index (χ2n) is 8.57. The number of nitrogens with zero attached hydrogens (tertiary/aromatic N) is 4. The van der Waals surface area contributed by atoms with E-state index in [1.807, 2.05) is 42.4 Å². The summed E-state index contributed by atoms with van der Waals surface area (Å²) in [6.45, 7) is 9.17. The molecule has 1 unspecified atom stereocenters. The average Bonchev–Trinajstić information content (AvgIpc) is 3.30. The number of imidazole rings is 1. The first-order valence-electron chi connectivity index (χ1n) is 10.6. The molecule has 3 heterocycles. The second kappa shape index (κ2) is 8.01. The number of carbonyl (C=O) groups excluding carboxylic acids is 2. The van der Waals surface area contributed by atoms with E-state index in [9.17, 15) is 9.59 Å². The summed E-state index contributed by atoms with van der Waals surface area (Å²) in [5.41, 5.74) is 3.28. The van der Waals surface area contributed by atoms with Gasteiger partial charge in [0.1, 0.15) is 5.82 Å². The molecule has 0 radical (unpaired) electrons. The van der Waals surface area contributed by atoms with Crippen molar-refractivity contribution in [2.45, 2.75) is 46.6 Å². The van der Waals surface area contributed by atoms with E-state index in [0.29, 0.717) is 18.9 Å². The Bertz CT molecular complexity index is 911. The van der Waals surface area contributed by atoms with Gasteiger partial charge in [-0.1, -0.05) is 6.07 Å². The van der Waals surface area contributed by atoms with Gasteiger partial charge >= 0.3 is 0 Å². The van der Waals surface area contributed by atoms with Crippen molar-refractivity contribution in [3.05, 3.63) is 47.5 Å². The van der Waals surface area contributed by atoms with Crippen LogP contribution < -0.4 is 4.90 Å². The number of likely N-dealkylation sites (tertiary alicyclic amines) is 1. The summed E-state index contributed by atoms with van der Waals surface area (Å²) in [6, 6.07) is 6.07. The van der Waals surface area contributed by atoms with Crippen molar-refractivity contribution in [3.8, 4) is 0 Å². The summed E-state index contributed by atoms with van der Waals surface area (Å²) < 4.78 is 2.19. The zero-order valence-electron chi connectivity index (χ0n) is 17.6. The third-order valence-corrected chi connectivity index (χ3v) is 6.58. The van der Waals surface area contributed by atoms with E-state index >= 15 is 0 Å². The minimum absolute atomic E-state index is 0.0528. The molecule has 6 heteroatoms. The van der Waals surface area contributed by atoms with Gasteiger partial charge in [0.2, 0.25) is 11.8 Å². The first kappa shape index (κ1) is 19.7. The van der Waals surface area contributed by atoms with Crippen LogP contribution in [0.25, 0.3) is 0 Å². The fourth-order valence-corrected chi connectivity index (χ4v) is 4.48. The minimum atomic E-state index is -0.225. The maximum atomic E-state index is 13.1. The van der Waals surface area contributed by atoms with Crippen LogP contribution in [0.2, 0.25) is 0 Å². The fraction of sp³-hybridized carbons (Fsp3) is 0.522. The van der Waals surface area contributed by atoms with Crippen molar-refractivity contribution in [2.24, 2.45) is 11.8 Å². The molecule has 4 rings (SSSR count). The van der Waals surface area contributed by atoms with Crippen LogP contribution in [0.5, 0.6) is 0 Å². The highest BCUT2D eigenvalue weighted by molar-refractivity contribution is 6.00. The molecule has 1 atom stereocenters. The number of carbonyl (C=O) groups is 2. The van der Waals surface area contributed by atoms with E-state index in [1.165, 1.54) is 11.1 Å². The number of anilines is 1. The molecule has 2 aliphatic heterocycles. The number of hydrogen-bond donors (Lipinski definition) is 0. The smallest absolute Gasteiger partial charge is 0.228 e. The molecule has 6 nitrogen and oxygen atoms in total. The molecule has 2 fully saturated rings. The van der Waals surface area contributed by atoms with E-state index in [-0.39, 0.29) is 17.7 Å². The molecule has 1 aromatic heterocycles. The van der Waals surface area contributed by atoms with Gasteiger partial charge in [-0.25, -0.2) is 4.98 Å². The Labute approximate surface area is 172 Å². The minimum Gasteiger partial charge on any atom is -0.342 e. The topological polar surface area (TPSA) is 58.4 Å². The molecule has 1 aromatic carbocycles. The summed E-state index contributed by atoms with van der Waals surface area (Å²) in [4.78, 5) is 33.7. The van der Waals surface area contributed by atoms with Crippen molar-refractivity contribution in [1.29, 1.82) is 0 Å². The van der Waals surface area contributed by atoms with Crippen LogP contribution in [0.1, 0.15) is 36.2 Å². The molecule has 0 saturated carbocycles. The summed E-state index contributed by atoms with van der Waals surface area (Å²) in [6.07, 6.45) is 6.19. The maximum absolute atomic E-state index is 13.1. The van der Waals surface area contributed by atoms with E-state index in [2.05, 4.69) is 23.4 Å². The number of rotatable bonds is 4. The summed E-state index contributed by atoms with van der Waals surface area (Å²) in [5, 5.41) is 0. The van der Waals surface area contributed by atoms with Gasteiger partial charge in [-0.15, -0.1) is 0 Å². The van der Waals surface area contributed by atoms with Crippen molar-refractivity contribution in [1.82, 2.24) is 14.5 Å². The van der Waals surface area contributed by atoms with E-state index in [0.717, 1.165) is 44.0 Å². The third kappa shape index (κ3) is 4.07. The average molecular weight is 395 g/mol. The number of aromatic nitrogens is 2. The quantitative estimate of drug-likeness (QED) is 0.801. The van der Waals surface area contributed by atoms with Crippen LogP contribution in [0.3, 0.4) is 0 Å². The molecule has 29 heavy (non-hydrogen) atoms. The van der Waals surface area contributed by atoms with Gasteiger partial charge in [-0.2, -0.15) is 0 Å². The van der Waals surface area contributed by atoms with Gasteiger partial charge in [0.15, 0.2) is 0 Å². The lowest BCUT2D eigenvalue weighted by molar-refractivity contribution is -0.137. The SMILES string of the molecule is Cc1ccc(N2CC(C(=O)N3CCC(Cn4ccnc4C)CC3)CC2=O)cc1C. The number of amides is 2. The van der Waals surface area contributed by atoms with Crippen molar-refractivity contribution in [3.63, 3.8) is 0 Å². The Balaban J connectivity index is 1.34. The predicted molar refractivity (Wildman–Crippen MR) is 113 cm³/mol. The van der Waals surface area contributed by atoms with E-state index in [1.54, 1.807) is 4.90 Å². The zero-order valence-corrected chi connectivity index (χ0v) is 17.6. The number of piperidine rings is 1. The highest BCUT2D eigenvalue weighted by Gasteiger charge is 2.38. The molecule has 0 bridgehead atoms. The van der Waals surface area contributed by atoms with E-state index < -0.39 is 0 Å². The lowest BCUT2D eigenvalue weighted by atomic mass is 9.95. The Kier molecular flexibility index (Phi) is 5.43. The standard InChI is InChI=1S/C23H30N4O2/c1-16-4-5-21(12-17(16)2)27-15-20(13-22(27)28)23(29)25-9-6-19(7-10-25)14-26-11-8-24-18(26)3/h4-5,8,11-12,19-20H,6-7,9-10,13-15H2,1-3H3. The number of benzene rings is 1. The molecule has 2 aromatic rings. The monoisotopic (exact) mass is 394 g/mol. The maximum Gasteiger partial charge on any atom is 0.228 e. The van der Waals surface area contributed by atoms with Gasteiger partial charge in [0.25, 0.3) is 0 Å². The highest BCUT2D eigenvalue weighted by Crippen LogP contribution is 2.29. The molecule has 2 saturated heterocycles. The second-order valence-corrected chi connectivity index (χ2v) is 8.57. The molecule has 0 spiro atoms. The van der Waals surface area contributed by atoms with Gasteiger partial charge in [-0.05, 0) is 62.8 Å². The first-order valence-corrected chi connectivity index (χ1v) is 10.6. The Morgan fingerprint density at radius 2 is 1.90 bits per heavy atom. The Hall–Kier alpha value is -2.63. The van der Waals surface area contributed by atoms with Gasteiger partial charge in [0.05, 0.1) is 5.92 Å². The Morgan fingerprint density at radius 3 is 2.55 bits per heavy atom. The molecule has 154 valence electrons. The summed E-state index contributed by atoms with van der Waals surface area (Å²) in [7, 11) is 0. The largest absolute Gasteiger partial charge is 0.342 e. The van der Waals surface area contributed by atoms with Crippen LogP contribution in [0, 0.1) is 32.6 Å². The van der Waals surface area contributed by atoms with Crippen LogP contribution >= 0.6 is 0 Å². The zero-order chi connectivity index (χ0) is 20.5. The van der Waals surface area contributed by atoms with Crippen molar-refractivity contribution < 1.29 is 9.59 Å². The van der Waals surface area contributed by atoms with Crippen LogP contribution in [0.15, 0.2) is 30.6 Å². The van der Waals surface area contributed by atoms with Gasteiger partial charge in [-0.3, -0.25) is 9.59 Å². The van der Waals surface area contributed by atoms with Gasteiger partial charge in [0, 0.05) is 50.7 Å². The van der Waals surface area contributed by atoms with Crippen LogP contribution in [-0.4, -0.2) is 45.9 Å². The molecule has 2 amide bonds. The Morgan fingerprint density at radius 1 is 1.14 bits per heavy atom.